The third-order valence-corrected chi connectivity index (χ3v) is 3.10. The van der Waals surface area contributed by atoms with Crippen molar-refractivity contribution in [2.24, 2.45) is 0 Å². The van der Waals surface area contributed by atoms with Gasteiger partial charge in [0.25, 0.3) is 5.56 Å². The molecule has 6 heteroatoms. The van der Waals surface area contributed by atoms with E-state index in [1.807, 2.05) is 0 Å². The number of methoxy groups -OCH3 is 1. The summed E-state index contributed by atoms with van der Waals surface area (Å²) in [5, 5.41) is 1.28. The van der Waals surface area contributed by atoms with Gasteiger partial charge in [-0.3, -0.25) is 9.78 Å². The van der Waals surface area contributed by atoms with Gasteiger partial charge in [0.1, 0.15) is 5.82 Å². The summed E-state index contributed by atoms with van der Waals surface area (Å²) in [5.41, 5.74) is -0.152. The van der Waals surface area contributed by atoms with E-state index in [-0.39, 0.29) is 16.6 Å². The number of carbonyl (C=O) groups is 1. The number of esters is 1. The van der Waals surface area contributed by atoms with E-state index in [4.69, 9.17) is 0 Å². The number of carbonyl (C=O) groups excluding carboxylic acids is 1. The molecule has 0 spiro atoms. The second-order valence-corrected chi connectivity index (χ2v) is 4.24. The molecule has 0 amide bonds. The normalized spacial score (nSPS) is 10.9. The Balaban J connectivity index is 2.57. The van der Waals surface area contributed by atoms with Gasteiger partial charge in [-0.05, 0) is 18.2 Å². The molecule has 3 rings (SSSR count). The number of H-pyrrole nitrogens is 1. The molecule has 2 aromatic heterocycles. The predicted octanol–water partition coefficient (Wildman–Crippen LogP) is 2.00. The molecule has 0 aliphatic carbocycles. The van der Waals surface area contributed by atoms with Crippen LogP contribution in [0.4, 0.5) is 4.39 Å². The molecule has 0 radical (unpaired) electrons. The maximum atomic E-state index is 13.7. The van der Waals surface area contributed by atoms with Crippen molar-refractivity contribution in [3.8, 4) is 0 Å². The molecule has 0 unspecified atom stereocenters. The Kier molecular flexibility index (Phi) is 2.71. The summed E-state index contributed by atoms with van der Waals surface area (Å²) >= 11 is 0. The van der Waals surface area contributed by atoms with Gasteiger partial charge in [-0.1, -0.05) is 0 Å². The SMILES string of the molecule is COC(=O)c1cc(F)cc2c1[nH]c(=O)c1ccncc12. The van der Waals surface area contributed by atoms with Crippen LogP contribution < -0.4 is 5.56 Å². The van der Waals surface area contributed by atoms with Crippen molar-refractivity contribution in [3.63, 3.8) is 0 Å². The molecule has 1 N–H and O–H groups in total. The van der Waals surface area contributed by atoms with Crippen LogP contribution in [0.25, 0.3) is 21.7 Å². The van der Waals surface area contributed by atoms with Crippen molar-refractivity contribution in [3.05, 3.63) is 52.3 Å². The Morgan fingerprint density at radius 1 is 1.30 bits per heavy atom. The zero-order valence-electron chi connectivity index (χ0n) is 10.4. The largest absolute Gasteiger partial charge is 0.465 e. The molecule has 3 aromatic rings. The minimum absolute atomic E-state index is 0.0228. The maximum absolute atomic E-state index is 13.7. The molecule has 0 aliphatic rings. The molecule has 0 aliphatic heterocycles. The number of aromatic amines is 1. The lowest BCUT2D eigenvalue weighted by Gasteiger charge is -2.07. The maximum Gasteiger partial charge on any atom is 0.340 e. The Bertz CT molecular complexity index is 902. The molecule has 5 nitrogen and oxygen atoms in total. The molecule has 1 aromatic carbocycles. The molecule has 0 saturated carbocycles. The summed E-state index contributed by atoms with van der Waals surface area (Å²) in [6.07, 6.45) is 2.94. The van der Waals surface area contributed by atoms with Gasteiger partial charge in [-0.2, -0.15) is 0 Å². The van der Waals surface area contributed by atoms with Gasteiger partial charge in [0.05, 0.1) is 23.6 Å². The zero-order chi connectivity index (χ0) is 14.3. The summed E-state index contributed by atoms with van der Waals surface area (Å²) in [6, 6.07) is 3.82. The number of rotatable bonds is 1. The van der Waals surface area contributed by atoms with Crippen molar-refractivity contribution < 1.29 is 13.9 Å². The van der Waals surface area contributed by atoms with Crippen molar-refractivity contribution in [2.75, 3.05) is 7.11 Å². The number of halogens is 1. The Morgan fingerprint density at radius 3 is 2.85 bits per heavy atom. The summed E-state index contributed by atoms with van der Waals surface area (Å²) in [7, 11) is 1.19. The molecule has 2 heterocycles. The Hall–Kier alpha value is -2.76. The second kappa shape index (κ2) is 4.41. The summed E-state index contributed by atoms with van der Waals surface area (Å²) in [5.74, 6) is -1.30. The van der Waals surface area contributed by atoms with Crippen LogP contribution in [0.5, 0.6) is 0 Å². The lowest BCUT2D eigenvalue weighted by Crippen LogP contribution is -2.11. The number of nitrogens with one attached hydrogen (secondary N) is 1. The highest BCUT2D eigenvalue weighted by Crippen LogP contribution is 2.24. The average Bonchev–Trinajstić information content (AvgIpc) is 2.47. The van der Waals surface area contributed by atoms with Crippen molar-refractivity contribution in [1.82, 2.24) is 9.97 Å². The fraction of sp³-hybridized carbons (Fsp3) is 0.0714. The second-order valence-electron chi connectivity index (χ2n) is 4.24. The number of hydrogen-bond donors (Lipinski definition) is 1. The molecule has 0 bridgehead atoms. The van der Waals surface area contributed by atoms with Gasteiger partial charge in [-0.15, -0.1) is 0 Å². The summed E-state index contributed by atoms with van der Waals surface area (Å²) in [4.78, 5) is 30.2. The van der Waals surface area contributed by atoms with Gasteiger partial charge < -0.3 is 9.72 Å². The molecule has 0 saturated heterocycles. The van der Waals surface area contributed by atoms with E-state index in [0.717, 1.165) is 6.07 Å². The van der Waals surface area contributed by atoms with Gasteiger partial charge in [0, 0.05) is 23.2 Å². The van der Waals surface area contributed by atoms with Crippen LogP contribution >= 0.6 is 0 Å². The van der Waals surface area contributed by atoms with E-state index >= 15 is 0 Å². The third-order valence-electron chi connectivity index (χ3n) is 3.10. The lowest BCUT2D eigenvalue weighted by atomic mass is 10.0. The van der Waals surface area contributed by atoms with E-state index in [9.17, 15) is 14.0 Å². The van der Waals surface area contributed by atoms with Gasteiger partial charge in [-0.25, -0.2) is 9.18 Å². The van der Waals surface area contributed by atoms with Crippen LogP contribution in [0.1, 0.15) is 10.4 Å². The predicted molar refractivity (Wildman–Crippen MR) is 71.2 cm³/mol. The monoisotopic (exact) mass is 272 g/mol. The van der Waals surface area contributed by atoms with Crippen molar-refractivity contribution in [2.45, 2.75) is 0 Å². The minimum Gasteiger partial charge on any atom is -0.465 e. The number of benzene rings is 1. The van der Waals surface area contributed by atoms with E-state index in [1.54, 1.807) is 0 Å². The zero-order valence-corrected chi connectivity index (χ0v) is 10.4. The standard InChI is InChI=1S/C14H9FN2O3/c1-20-14(19)10-5-7(15)4-9-11-6-16-3-2-8(11)13(18)17-12(9)10/h2-6H,1H3,(H,17,18). The minimum atomic E-state index is -0.714. The van der Waals surface area contributed by atoms with Gasteiger partial charge >= 0.3 is 5.97 Å². The number of pyridine rings is 2. The van der Waals surface area contributed by atoms with Crippen LogP contribution in [0, 0.1) is 5.82 Å². The molecular weight excluding hydrogens is 263 g/mol. The van der Waals surface area contributed by atoms with Gasteiger partial charge in [0.15, 0.2) is 0 Å². The van der Waals surface area contributed by atoms with Crippen LogP contribution in [0.3, 0.4) is 0 Å². The highest BCUT2D eigenvalue weighted by Gasteiger charge is 2.16. The highest BCUT2D eigenvalue weighted by atomic mass is 19.1. The first-order valence-corrected chi connectivity index (χ1v) is 5.79. The Morgan fingerprint density at radius 2 is 2.10 bits per heavy atom. The molecular formula is C14H9FN2O3. The molecule has 0 fully saturated rings. The Labute approximate surface area is 112 Å². The van der Waals surface area contributed by atoms with Crippen molar-refractivity contribution >= 4 is 27.6 Å². The van der Waals surface area contributed by atoms with Crippen LogP contribution in [0.15, 0.2) is 35.4 Å². The number of nitrogens with zero attached hydrogens (tertiary/aromatic N) is 1. The van der Waals surface area contributed by atoms with E-state index in [2.05, 4.69) is 14.7 Å². The smallest absolute Gasteiger partial charge is 0.340 e. The number of aromatic nitrogens is 2. The van der Waals surface area contributed by atoms with E-state index in [0.29, 0.717) is 16.2 Å². The van der Waals surface area contributed by atoms with Crippen LogP contribution in [-0.2, 0) is 4.74 Å². The fourth-order valence-corrected chi connectivity index (χ4v) is 2.21. The molecule has 0 atom stereocenters. The topological polar surface area (TPSA) is 72.1 Å². The molecule has 100 valence electrons. The highest BCUT2D eigenvalue weighted by molar-refractivity contribution is 6.11. The fourth-order valence-electron chi connectivity index (χ4n) is 2.21. The summed E-state index contributed by atoms with van der Waals surface area (Å²) < 4.78 is 18.3. The van der Waals surface area contributed by atoms with Gasteiger partial charge in [0.2, 0.25) is 0 Å². The third kappa shape index (κ3) is 1.73. The number of hydrogen-bond acceptors (Lipinski definition) is 4. The average molecular weight is 272 g/mol. The summed E-state index contributed by atoms with van der Waals surface area (Å²) in [6.45, 7) is 0. The van der Waals surface area contributed by atoms with Crippen LogP contribution in [-0.4, -0.2) is 23.0 Å². The quantitative estimate of drug-likeness (QED) is 0.543. The van der Waals surface area contributed by atoms with Crippen LogP contribution in [0.2, 0.25) is 0 Å². The first kappa shape index (κ1) is 12.3. The van der Waals surface area contributed by atoms with Crippen molar-refractivity contribution in [1.29, 1.82) is 0 Å². The van der Waals surface area contributed by atoms with E-state index in [1.165, 1.54) is 31.6 Å². The number of fused-ring (bicyclic) bond motifs is 3. The number of ether oxygens (including phenoxy) is 1. The van der Waals surface area contributed by atoms with E-state index < -0.39 is 11.8 Å². The first-order chi connectivity index (χ1) is 9.61. The molecule has 20 heavy (non-hydrogen) atoms. The lowest BCUT2D eigenvalue weighted by molar-refractivity contribution is 0.0602. The first-order valence-electron chi connectivity index (χ1n) is 5.79.